The van der Waals surface area contributed by atoms with E-state index >= 15 is 0 Å². The predicted molar refractivity (Wildman–Crippen MR) is 67.3 cm³/mol. The Hall–Kier alpha value is -0.810. The quantitative estimate of drug-likeness (QED) is 0.785. The molecule has 1 heterocycles. The summed E-state index contributed by atoms with van der Waals surface area (Å²) in [4.78, 5) is 23.9. The van der Waals surface area contributed by atoms with Crippen LogP contribution in [0.3, 0.4) is 0 Å². The molecule has 100 valence electrons. The summed E-state index contributed by atoms with van der Waals surface area (Å²) in [6, 6.07) is 0.393. The van der Waals surface area contributed by atoms with E-state index in [1.807, 2.05) is 0 Å². The van der Waals surface area contributed by atoms with Gasteiger partial charge in [0.2, 0.25) is 5.91 Å². The molecule has 2 atom stereocenters. The van der Waals surface area contributed by atoms with Gasteiger partial charge in [0, 0.05) is 6.04 Å². The fourth-order valence-electron chi connectivity index (χ4n) is 2.06. The van der Waals surface area contributed by atoms with Crippen molar-refractivity contribution < 1.29 is 14.7 Å². The maximum atomic E-state index is 11.5. The van der Waals surface area contributed by atoms with Crippen molar-refractivity contribution in [1.29, 1.82) is 0 Å². The lowest BCUT2D eigenvalue weighted by atomic mass is 9.92. The first kappa shape index (κ1) is 16.2. The number of nitrogens with zero attached hydrogens (tertiary/aromatic N) is 1. The molecule has 0 aliphatic carbocycles. The second-order valence-electron chi connectivity index (χ2n) is 4.50. The number of carbonyl (C=O) groups excluding carboxylic acids is 1. The number of carboxylic acids is 1. The number of piperidine rings is 1. The molecule has 0 spiro atoms. The van der Waals surface area contributed by atoms with E-state index < -0.39 is 5.97 Å². The summed E-state index contributed by atoms with van der Waals surface area (Å²) in [5.74, 6) is -0.613. The van der Waals surface area contributed by atoms with Crippen LogP contribution in [-0.4, -0.2) is 47.6 Å². The second-order valence-corrected chi connectivity index (χ2v) is 4.50. The molecule has 5 nitrogen and oxygen atoms in total. The Kier molecular flexibility index (Phi) is 7.15. The Morgan fingerprint density at radius 3 is 2.65 bits per heavy atom. The molecule has 0 bridgehead atoms. The maximum Gasteiger partial charge on any atom is 0.322 e. The molecular formula is C11H21ClN2O3. The Bertz CT molecular complexity index is 273. The number of hydrogen-bond acceptors (Lipinski definition) is 3. The molecule has 0 aromatic rings. The number of carbonyl (C=O) groups is 2. The molecule has 1 fully saturated rings. The standard InChI is InChI=1S/C11H20N2O3.ClH/c1-8-4-3-5-13(9(8)2)7-10(14)12-6-11(15)16;/h8-9H,3-7H2,1-2H3,(H,12,14)(H,15,16);1H. The first-order valence-corrected chi connectivity index (χ1v) is 5.73. The summed E-state index contributed by atoms with van der Waals surface area (Å²) >= 11 is 0. The highest BCUT2D eigenvalue weighted by Crippen LogP contribution is 2.22. The normalized spacial score (nSPS) is 24.8. The van der Waals surface area contributed by atoms with Gasteiger partial charge in [-0.1, -0.05) is 6.92 Å². The Morgan fingerprint density at radius 1 is 1.41 bits per heavy atom. The van der Waals surface area contributed by atoms with Crippen LogP contribution in [0.4, 0.5) is 0 Å². The van der Waals surface area contributed by atoms with Gasteiger partial charge in [0.05, 0.1) is 6.54 Å². The Balaban J connectivity index is 0.00000256. The largest absolute Gasteiger partial charge is 0.480 e. The van der Waals surface area contributed by atoms with Crippen LogP contribution in [0, 0.1) is 5.92 Å². The zero-order chi connectivity index (χ0) is 12.1. The summed E-state index contributed by atoms with van der Waals surface area (Å²) in [5.41, 5.74) is 0. The predicted octanol–water partition coefficient (Wildman–Crippen LogP) is 0.729. The van der Waals surface area contributed by atoms with E-state index in [4.69, 9.17) is 5.11 Å². The maximum absolute atomic E-state index is 11.5. The summed E-state index contributed by atoms with van der Waals surface area (Å²) in [6.45, 7) is 5.24. The number of carboxylic acid groups (broad SMARTS) is 1. The van der Waals surface area contributed by atoms with Gasteiger partial charge in [0.15, 0.2) is 0 Å². The molecule has 17 heavy (non-hydrogen) atoms. The monoisotopic (exact) mass is 264 g/mol. The zero-order valence-electron chi connectivity index (χ0n) is 10.3. The van der Waals surface area contributed by atoms with E-state index in [0.717, 1.165) is 13.0 Å². The van der Waals surface area contributed by atoms with Crippen LogP contribution in [0.5, 0.6) is 0 Å². The van der Waals surface area contributed by atoms with Crippen molar-refractivity contribution in [3.05, 3.63) is 0 Å². The van der Waals surface area contributed by atoms with Crippen molar-refractivity contribution in [3.63, 3.8) is 0 Å². The minimum atomic E-state index is -1.01. The minimum Gasteiger partial charge on any atom is -0.480 e. The van der Waals surface area contributed by atoms with Gasteiger partial charge in [-0.25, -0.2) is 0 Å². The first-order chi connectivity index (χ1) is 7.50. The van der Waals surface area contributed by atoms with Crippen molar-refractivity contribution >= 4 is 24.3 Å². The lowest BCUT2D eigenvalue weighted by Crippen LogP contribution is -2.47. The molecule has 1 amide bonds. The average molecular weight is 265 g/mol. The zero-order valence-corrected chi connectivity index (χ0v) is 11.1. The molecule has 1 rings (SSSR count). The fourth-order valence-corrected chi connectivity index (χ4v) is 2.06. The van der Waals surface area contributed by atoms with Gasteiger partial charge in [-0.05, 0) is 32.2 Å². The van der Waals surface area contributed by atoms with E-state index in [2.05, 4.69) is 24.1 Å². The topological polar surface area (TPSA) is 69.6 Å². The summed E-state index contributed by atoms with van der Waals surface area (Å²) in [6.07, 6.45) is 2.31. The van der Waals surface area contributed by atoms with Gasteiger partial charge in [0.25, 0.3) is 0 Å². The molecule has 2 N–H and O–H groups in total. The average Bonchev–Trinajstić information content (AvgIpc) is 2.22. The third-order valence-corrected chi connectivity index (χ3v) is 3.29. The number of rotatable bonds is 4. The molecule has 0 aromatic carbocycles. The van der Waals surface area contributed by atoms with Gasteiger partial charge in [0.1, 0.15) is 6.54 Å². The number of likely N-dealkylation sites (tertiary alicyclic amines) is 1. The Labute approximate surface area is 108 Å². The van der Waals surface area contributed by atoms with Crippen molar-refractivity contribution in [2.24, 2.45) is 5.92 Å². The van der Waals surface area contributed by atoms with Gasteiger partial charge in [-0.2, -0.15) is 0 Å². The van der Waals surface area contributed by atoms with Crippen molar-refractivity contribution in [3.8, 4) is 0 Å². The SMILES string of the molecule is CC1CCCN(CC(=O)NCC(=O)O)C1C.Cl. The molecule has 1 aliphatic rings. The summed E-state index contributed by atoms with van der Waals surface area (Å²) in [7, 11) is 0. The molecule has 2 unspecified atom stereocenters. The lowest BCUT2D eigenvalue weighted by Gasteiger charge is -2.37. The number of hydrogen-bond donors (Lipinski definition) is 2. The van der Waals surface area contributed by atoms with Crippen LogP contribution < -0.4 is 5.32 Å². The molecule has 1 aliphatic heterocycles. The van der Waals surface area contributed by atoms with Crippen molar-refractivity contribution in [2.75, 3.05) is 19.6 Å². The third kappa shape index (κ3) is 5.37. The van der Waals surface area contributed by atoms with Crippen LogP contribution >= 0.6 is 12.4 Å². The smallest absolute Gasteiger partial charge is 0.322 e. The van der Waals surface area contributed by atoms with E-state index in [-0.39, 0.29) is 24.9 Å². The third-order valence-electron chi connectivity index (χ3n) is 3.29. The number of amides is 1. The van der Waals surface area contributed by atoms with E-state index in [0.29, 0.717) is 18.5 Å². The second kappa shape index (κ2) is 7.50. The van der Waals surface area contributed by atoms with Crippen LogP contribution in [-0.2, 0) is 9.59 Å². The molecule has 0 aromatic heterocycles. The van der Waals surface area contributed by atoms with Crippen molar-refractivity contribution in [2.45, 2.75) is 32.7 Å². The molecular weight excluding hydrogens is 244 g/mol. The lowest BCUT2D eigenvalue weighted by molar-refractivity contribution is -0.138. The van der Waals surface area contributed by atoms with Crippen molar-refractivity contribution in [1.82, 2.24) is 10.2 Å². The molecule has 0 saturated carbocycles. The Morgan fingerprint density at radius 2 is 2.06 bits per heavy atom. The van der Waals surface area contributed by atoms with E-state index in [9.17, 15) is 9.59 Å². The molecule has 6 heteroatoms. The van der Waals surface area contributed by atoms with Gasteiger partial charge in [-0.3, -0.25) is 14.5 Å². The van der Waals surface area contributed by atoms with Gasteiger partial charge < -0.3 is 10.4 Å². The number of nitrogens with one attached hydrogen (secondary N) is 1. The van der Waals surface area contributed by atoms with E-state index in [1.54, 1.807) is 0 Å². The van der Waals surface area contributed by atoms with Gasteiger partial charge in [-0.15, -0.1) is 12.4 Å². The first-order valence-electron chi connectivity index (χ1n) is 5.73. The molecule has 1 saturated heterocycles. The highest BCUT2D eigenvalue weighted by atomic mass is 35.5. The minimum absolute atomic E-state index is 0. The van der Waals surface area contributed by atoms with Gasteiger partial charge >= 0.3 is 5.97 Å². The fraction of sp³-hybridized carbons (Fsp3) is 0.818. The van der Waals surface area contributed by atoms with E-state index in [1.165, 1.54) is 6.42 Å². The highest BCUT2D eigenvalue weighted by Gasteiger charge is 2.25. The van der Waals surface area contributed by atoms with Crippen LogP contribution in [0.15, 0.2) is 0 Å². The van der Waals surface area contributed by atoms with Crippen LogP contribution in [0.2, 0.25) is 0 Å². The number of aliphatic carboxylic acids is 1. The van der Waals surface area contributed by atoms with Crippen LogP contribution in [0.1, 0.15) is 26.7 Å². The number of halogens is 1. The highest BCUT2D eigenvalue weighted by molar-refractivity contribution is 5.85. The van der Waals surface area contributed by atoms with Crippen LogP contribution in [0.25, 0.3) is 0 Å². The summed E-state index contributed by atoms with van der Waals surface area (Å²) < 4.78 is 0. The summed E-state index contributed by atoms with van der Waals surface area (Å²) in [5, 5.41) is 10.8. The molecule has 0 radical (unpaired) electrons.